The number of thiophene rings is 1. The fraction of sp³-hybridized carbons (Fsp3) is 0.462. The van der Waals surface area contributed by atoms with Gasteiger partial charge in [-0.2, -0.15) is 0 Å². The zero-order chi connectivity index (χ0) is 12.1. The fourth-order valence-corrected chi connectivity index (χ4v) is 3.60. The molecule has 2 nitrogen and oxygen atoms in total. The summed E-state index contributed by atoms with van der Waals surface area (Å²) in [5.41, 5.74) is 1.25. The van der Waals surface area contributed by atoms with Gasteiger partial charge in [0.2, 0.25) is 0 Å². The van der Waals surface area contributed by atoms with Crippen LogP contribution in [0.5, 0.6) is 0 Å². The van der Waals surface area contributed by atoms with Crippen molar-refractivity contribution in [3.63, 3.8) is 0 Å². The van der Waals surface area contributed by atoms with Crippen molar-refractivity contribution in [1.29, 1.82) is 0 Å². The maximum absolute atomic E-state index is 4.74. The summed E-state index contributed by atoms with van der Waals surface area (Å²) in [5, 5.41) is 6.74. The van der Waals surface area contributed by atoms with Crippen LogP contribution >= 0.6 is 22.7 Å². The molecular formula is C13H18N2S2. The van der Waals surface area contributed by atoms with E-state index >= 15 is 0 Å². The Hall–Kier alpha value is -0.710. The smallest absolute Gasteiger partial charge is 0.133 e. The highest BCUT2D eigenvalue weighted by molar-refractivity contribution is 7.21. The van der Waals surface area contributed by atoms with Crippen LogP contribution in [0.15, 0.2) is 17.5 Å². The Balaban J connectivity index is 2.15. The van der Waals surface area contributed by atoms with E-state index < -0.39 is 0 Å². The third-order valence-electron chi connectivity index (χ3n) is 2.56. The van der Waals surface area contributed by atoms with Crippen LogP contribution in [0.25, 0.3) is 9.88 Å². The Morgan fingerprint density at radius 3 is 2.88 bits per heavy atom. The molecular weight excluding hydrogens is 248 g/mol. The molecule has 1 N–H and O–H groups in total. The van der Waals surface area contributed by atoms with Crippen LogP contribution in [-0.2, 0) is 13.0 Å². The third kappa shape index (κ3) is 3.15. The highest BCUT2D eigenvalue weighted by atomic mass is 32.1. The lowest BCUT2D eigenvalue weighted by atomic mass is 10.3. The second-order valence-corrected chi connectivity index (χ2v) is 5.93. The molecule has 0 saturated carbocycles. The van der Waals surface area contributed by atoms with Crippen LogP contribution in [0.4, 0.5) is 0 Å². The normalized spacial score (nSPS) is 10.9. The van der Waals surface area contributed by atoms with Crippen molar-refractivity contribution in [2.45, 2.75) is 33.2 Å². The summed E-state index contributed by atoms with van der Waals surface area (Å²) >= 11 is 3.59. The number of nitrogens with zero attached hydrogens (tertiary/aromatic N) is 1. The van der Waals surface area contributed by atoms with Gasteiger partial charge in [-0.1, -0.05) is 19.9 Å². The molecule has 2 rings (SSSR count). The van der Waals surface area contributed by atoms with Crippen molar-refractivity contribution in [3.05, 3.63) is 28.1 Å². The van der Waals surface area contributed by atoms with Gasteiger partial charge in [0.25, 0.3) is 0 Å². The maximum Gasteiger partial charge on any atom is 0.133 e. The van der Waals surface area contributed by atoms with Gasteiger partial charge in [0.15, 0.2) is 0 Å². The Morgan fingerprint density at radius 1 is 1.35 bits per heavy atom. The number of thiazole rings is 1. The third-order valence-corrected chi connectivity index (χ3v) is 4.69. The lowest BCUT2D eigenvalue weighted by molar-refractivity contribution is 0.677. The number of hydrogen-bond donors (Lipinski definition) is 1. The highest BCUT2D eigenvalue weighted by Crippen LogP contribution is 2.31. The highest BCUT2D eigenvalue weighted by Gasteiger charge is 2.11. The zero-order valence-electron chi connectivity index (χ0n) is 10.3. The first-order valence-electron chi connectivity index (χ1n) is 6.08. The molecule has 0 atom stereocenters. The van der Waals surface area contributed by atoms with Crippen molar-refractivity contribution in [3.8, 4) is 9.88 Å². The average Bonchev–Trinajstić information content (AvgIpc) is 2.97. The number of nitrogens with one attached hydrogen (secondary N) is 1. The number of aromatic nitrogens is 1. The summed E-state index contributed by atoms with van der Waals surface area (Å²) in [6.07, 6.45) is 2.20. The molecule has 2 heterocycles. The van der Waals surface area contributed by atoms with Crippen LogP contribution < -0.4 is 5.32 Å². The topological polar surface area (TPSA) is 24.9 Å². The minimum atomic E-state index is 0.958. The second kappa shape index (κ2) is 6.28. The monoisotopic (exact) mass is 266 g/mol. The van der Waals surface area contributed by atoms with Crippen LogP contribution in [0.2, 0.25) is 0 Å². The lowest BCUT2D eigenvalue weighted by Crippen LogP contribution is -2.13. The van der Waals surface area contributed by atoms with Gasteiger partial charge >= 0.3 is 0 Å². The van der Waals surface area contributed by atoms with Gasteiger partial charge in [-0.05, 0) is 30.8 Å². The van der Waals surface area contributed by atoms with E-state index in [2.05, 4.69) is 36.7 Å². The number of hydrogen-bond acceptors (Lipinski definition) is 4. The van der Waals surface area contributed by atoms with E-state index in [1.165, 1.54) is 26.9 Å². The minimum absolute atomic E-state index is 0.958. The van der Waals surface area contributed by atoms with E-state index in [9.17, 15) is 0 Å². The summed E-state index contributed by atoms with van der Waals surface area (Å²) in [6, 6.07) is 4.23. The van der Waals surface area contributed by atoms with E-state index in [-0.39, 0.29) is 0 Å². The van der Waals surface area contributed by atoms with Crippen LogP contribution in [-0.4, -0.2) is 11.5 Å². The molecule has 2 aromatic rings. The van der Waals surface area contributed by atoms with Crippen molar-refractivity contribution in [2.24, 2.45) is 0 Å². The van der Waals surface area contributed by atoms with Gasteiger partial charge in [0, 0.05) is 11.4 Å². The Kier molecular flexibility index (Phi) is 4.71. The summed E-state index contributed by atoms with van der Waals surface area (Å²) in [5.74, 6) is 0. The predicted octanol–water partition coefficient (Wildman–Crippen LogP) is 3.93. The van der Waals surface area contributed by atoms with Crippen molar-refractivity contribution in [1.82, 2.24) is 10.3 Å². The van der Waals surface area contributed by atoms with Crippen molar-refractivity contribution in [2.75, 3.05) is 6.54 Å². The Labute approximate surface area is 111 Å². The molecule has 0 aromatic carbocycles. The Morgan fingerprint density at radius 2 is 2.24 bits per heavy atom. The van der Waals surface area contributed by atoms with Crippen molar-refractivity contribution >= 4 is 22.7 Å². The van der Waals surface area contributed by atoms with Gasteiger partial charge in [-0.15, -0.1) is 22.7 Å². The molecule has 0 radical (unpaired) electrons. The first kappa shape index (κ1) is 12.7. The molecule has 4 heteroatoms. The molecule has 0 spiro atoms. The Bertz CT molecular complexity index is 446. The molecule has 92 valence electrons. The number of rotatable bonds is 6. The standard InChI is InChI=1S/C13H18N2S2/c1-3-7-14-9-12-10(4-2)15-13(17-12)11-6-5-8-16-11/h5-6,8,14H,3-4,7,9H2,1-2H3. The van der Waals surface area contributed by atoms with Crippen LogP contribution in [0, 0.1) is 0 Å². The maximum atomic E-state index is 4.74. The lowest BCUT2D eigenvalue weighted by Gasteiger charge is -2.01. The van der Waals surface area contributed by atoms with Crippen LogP contribution in [0.3, 0.4) is 0 Å². The largest absolute Gasteiger partial charge is 0.312 e. The van der Waals surface area contributed by atoms with Crippen molar-refractivity contribution < 1.29 is 0 Å². The van der Waals surface area contributed by atoms with Gasteiger partial charge in [0.1, 0.15) is 5.01 Å². The number of aryl methyl sites for hydroxylation is 1. The van der Waals surface area contributed by atoms with E-state index in [4.69, 9.17) is 4.98 Å². The minimum Gasteiger partial charge on any atom is -0.312 e. The summed E-state index contributed by atoms with van der Waals surface area (Å²) in [4.78, 5) is 7.42. The second-order valence-electron chi connectivity index (χ2n) is 3.90. The quantitative estimate of drug-likeness (QED) is 0.801. The molecule has 0 aliphatic rings. The molecule has 0 saturated heterocycles. The molecule has 2 aromatic heterocycles. The molecule has 0 bridgehead atoms. The van der Waals surface area contributed by atoms with E-state index in [1.54, 1.807) is 11.3 Å². The van der Waals surface area contributed by atoms with E-state index in [1.807, 2.05) is 11.3 Å². The van der Waals surface area contributed by atoms with Crippen LogP contribution in [0.1, 0.15) is 30.8 Å². The molecule has 0 aliphatic heterocycles. The van der Waals surface area contributed by atoms with Gasteiger partial charge in [0.05, 0.1) is 10.6 Å². The van der Waals surface area contributed by atoms with E-state index in [0.717, 1.165) is 19.5 Å². The van der Waals surface area contributed by atoms with Gasteiger partial charge in [-0.3, -0.25) is 0 Å². The summed E-state index contributed by atoms with van der Waals surface area (Å²) in [7, 11) is 0. The summed E-state index contributed by atoms with van der Waals surface area (Å²) < 4.78 is 0. The average molecular weight is 266 g/mol. The molecule has 17 heavy (non-hydrogen) atoms. The van der Waals surface area contributed by atoms with E-state index in [0.29, 0.717) is 0 Å². The summed E-state index contributed by atoms with van der Waals surface area (Å²) in [6.45, 7) is 6.41. The van der Waals surface area contributed by atoms with Gasteiger partial charge < -0.3 is 5.32 Å². The zero-order valence-corrected chi connectivity index (χ0v) is 12.0. The predicted molar refractivity (Wildman–Crippen MR) is 76.8 cm³/mol. The molecule has 0 unspecified atom stereocenters. The molecule has 0 amide bonds. The molecule has 0 fully saturated rings. The first-order chi connectivity index (χ1) is 8.35. The first-order valence-corrected chi connectivity index (χ1v) is 7.78. The SMILES string of the molecule is CCCNCc1sc(-c2cccs2)nc1CC. The molecule has 0 aliphatic carbocycles. The van der Waals surface area contributed by atoms with Gasteiger partial charge in [-0.25, -0.2) is 4.98 Å². The fourth-order valence-electron chi connectivity index (χ4n) is 1.68.